The summed E-state index contributed by atoms with van der Waals surface area (Å²) in [5.41, 5.74) is 2.82. The molecule has 2 amide bonds. The fourth-order valence-electron chi connectivity index (χ4n) is 2.63. The minimum absolute atomic E-state index is 0.168. The van der Waals surface area contributed by atoms with Crippen molar-refractivity contribution in [3.63, 3.8) is 0 Å². The average molecular weight is 373 g/mol. The summed E-state index contributed by atoms with van der Waals surface area (Å²) in [6, 6.07) is 9.16. The Bertz CT molecular complexity index is 840. The van der Waals surface area contributed by atoms with Crippen LogP contribution in [0.4, 0.5) is 0 Å². The predicted molar refractivity (Wildman–Crippen MR) is 99.2 cm³/mol. The molecule has 0 fully saturated rings. The number of esters is 1. The van der Waals surface area contributed by atoms with Crippen molar-refractivity contribution in [3.05, 3.63) is 47.3 Å². The molecule has 2 rings (SSSR count). The van der Waals surface area contributed by atoms with Crippen molar-refractivity contribution in [1.29, 1.82) is 0 Å². The van der Waals surface area contributed by atoms with Crippen molar-refractivity contribution in [1.82, 2.24) is 15.2 Å². The van der Waals surface area contributed by atoms with Crippen molar-refractivity contribution in [2.45, 2.75) is 13.8 Å². The molecule has 2 N–H and O–H groups in total. The molecule has 27 heavy (non-hydrogen) atoms. The van der Waals surface area contributed by atoms with Crippen molar-refractivity contribution in [3.8, 4) is 11.4 Å². The van der Waals surface area contributed by atoms with Gasteiger partial charge in [0.2, 0.25) is 5.91 Å². The molecule has 8 nitrogen and oxygen atoms in total. The molecule has 2 aromatic rings. The van der Waals surface area contributed by atoms with Crippen LogP contribution >= 0.6 is 0 Å². The number of amides is 2. The van der Waals surface area contributed by atoms with E-state index in [1.54, 1.807) is 20.1 Å². The Morgan fingerprint density at radius 2 is 1.74 bits per heavy atom. The molecule has 1 heterocycles. The van der Waals surface area contributed by atoms with Crippen LogP contribution < -0.4 is 15.4 Å². The normalized spacial score (nSPS) is 10.2. The zero-order valence-corrected chi connectivity index (χ0v) is 15.8. The Balaban J connectivity index is 2.07. The number of carbonyl (C=O) groups is 3. The lowest BCUT2D eigenvalue weighted by atomic mass is 10.2. The monoisotopic (exact) mass is 373 g/mol. The number of nitrogens with one attached hydrogen (secondary N) is 2. The fourth-order valence-corrected chi connectivity index (χ4v) is 2.63. The Hall–Kier alpha value is -3.29. The van der Waals surface area contributed by atoms with Crippen LogP contribution in [0.3, 0.4) is 0 Å². The minimum atomic E-state index is -0.599. The Kier molecular flexibility index (Phi) is 6.59. The molecule has 0 aliphatic rings. The van der Waals surface area contributed by atoms with Crippen LogP contribution in [0.1, 0.15) is 21.7 Å². The summed E-state index contributed by atoms with van der Waals surface area (Å²) in [5.74, 6) is -0.741. The van der Waals surface area contributed by atoms with Gasteiger partial charge in [0.05, 0.1) is 19.2 Å². The Morgan fingerprint density at radius 3 is 2.33 bits per heavy atom. The molecule has 1 aromatic carbocycles. The summed E-state index contributed by atoms with van der Waals surface area (Å²) in [5, 5.41) is 4.74. The van der Waals surface area contributed by atoms with E-state index >= 15 is 0 Å². The number of aryl methyl sites for hydroxylation is 1. The van der Waals surface area contributed by atoms with Gasteiger partial charge < -0.3 is 24.7 Å². The minimum Gasteiger partial charge on any atom is -0.497 e. The molecule has 144 valence electrons. The SMILES string of the molecule is CNC(=O)CNC(=O)COC(=O)c1cc(C)n(-c2ccc(OC)cc2)c1C. The Labute approximate surface area is 157 Å². The van der Waals surface area contributed by atoms with E-state index in [9.17, 15) is 14.4 Å². The van der Waals surface area contributed by atoms with E-state index in [0.29, 0.717) is 11.3 Å². The van der Waals surface area contributed by atoms with E-state index in [0.717, 1.165) is 17.1 Å². The van der Waals surface area contributed by atoms with Gasteiger partial charge >= 0.3 is 5.97 Å². The maximum atomic E-state index is 12.3. The van der Waals surface area contributed by atoms with Gasteiger partial charge in [-0.1, -0.05) is 0 Å². The standard InChI is InChI=1S/C19H23N3O5/c1-12-9-16(19(25)27-11-18(24)21-10-17(23)20-3)13(2)22(12)14-5-7-15(26-4)8-6-14/h5-9H,10-11H2,1-4H3,(H,20,23)(H,21,24). The molecular formula is C19H23N3O5. The highest BCUT2D eigenvalue weighted by molar-refractivity contribution is 5.93. The maximum Gasteiger partial charge on any atom is 0.340 e. The highest BCUT2D eigenvalue weighted by Gasteiger charge is 2.19. The number of aromatic nitrogens is 1. The van der Waals surface area contributed by atoms with Crippen molar-refractivity contribution < 1.29 is 23.9 Å². The second-order valence-electron chi connectivity index (χ2n) is 5.84. The second kappa shape index (κ2) is 8.88. The van der Waals surface area contributed by atoms with Gasteiger partial charge in [0.1, 0.15) is 5.75 Å². The first kappa shape index (κ1) is 20.0. The van der Waals surface area contributed by atoms with Gasteiger partial charge in [0.15, 0.2) is 6.61 Å². The van der Waals surface area contributed by atoms with E-state index in [1.807, 2.05) is 35.8 Å². The molecule has 0 bridgehead atoms. The summed E-state index contributed by atoms with van der Waals surface area (Å²) >= 11 is 0. The van der Waals surface area contributed by atoms with Gasteiger partial charge in [-0.3, -0.25) is 9.59 Å². The lowest BCUT2D eigenvalue weighted by Gasteiger charge is -2.11. The summed E-state index contributed by atoms with van der Waals surface area (Å²) in [4.78, 5) is 35.1. The van der Waals surface area contributed by atoms with Crippen molar-refractivity contribution >= 4 is 17.8 Å². The number of nitrogens with zero attached hydrogens (tertiary/aromatic N) is 1. The molecule has 0 aliphatic heterocycles. The molecular weight excluding hydrogens is 350 g/mol. The van der Waals surface area contributed by atoms with Crippen LogP contribution in [0.25, 0.3) is 5.69 Å². The summed E-state index contributed by atoms with van der Waals surface area (Å²) in [7, 11) is 3.06. The van der Waals surface area contributed by atoms with Gasteiger partial charge in [0.25, 0.3) is 5.91 Å². The second-order valence-corrected chi connectivity index (χ2v) is 5.84. The molecule has 0 unspecified atom stereocenters. The third kappa shape index (κ3) is 4.87. The molecule has 0 spiro atoms. The first-order valence-electron chi connectivity index (χ1n) is 8.35. The van der Waals surface area contributed by atoms with E-state index < -0.39 is 18.5 Å². The average Bonchev–Trinajstić information content (AvgIpc) is 2.98. The van der Waals surface area contributed by atoms with Gasteiger partial charge in [-0.2, -0.15) is 0 Å². The lowest BCUT2D eigenvalue weighted by molar-refractivity contribution is -0.127. The first-order chi connectivity index (χ1) is 12.9. The van der Waals surface area contributed by atoms with Crippen molar-refractivity contribution in [2.24, 2.45) is 0 Å². The third-order valence-electron chi connectivity index (χ3n) is 4.04. The number of carbonyl (C=O) groups excluding carboxylic acids is 3. The van der Waals surface area contributed by atoms with E-state index in [2.05, 4.69) is 10.6 Å². The zero-order valence-electron chi connectivity index (χ0n) is 15.8. The first-order valence-corrected chi connectivity index (χ1v) is 8.35. The lowest BCUT2D eigenvalue weighted by Crippen LogP contribution is -2.37. The van der Waals surface area contributed by atoms with Crippen LogP contribution in [0, 0.1) is 13.8 Å². The quantitative estimate of drug-likeness (QED) is 0.709. The number of hydrogen-bond donors (Lipinski definition) is 2. The highest BCUT2D eigenvalue weighted by Crippen LogP contribution is 2.23. The number of rotatable bonds is 7. The number of methoxy groups -OCH3 is 1. The topological polar surface area (TPSA) is 98.7 Å². The number of ether oxygens (including phenoxy) is 2. The van der Waals surface area contributed by atoms with E-state index in [1.165, 1.54) is 7.05 Å². The number of hydrogen-bond acceptors (Lipinski definition) is 5. The third-order valence-corrected chi connectivity index (χ3v) is 4.04. The summed E-state index contributed by atoms with van der Waals surface area (Å²) in [6.45, 7) is 3.06. The van der Waals surface area contributed by atoms with Crippen LogP contribution in [-0.2, 0) is 14.3 Å². The Morgan fingerprint density at radius 1 is 1.07 bits per heavy atom. The molecule has 0 saturated carbocycles. The molecule has 0 atom stereocenters. The number of likely N-dealkylation sites (N-methyl/N-ethyl adjacent to an activating group) is 1. The fraction of sp³-hybridized carbons (Fsp3) is 0.316. The molecule has 0 radical (unpaired) electrons. The van der Waals surface area contributed by atoms with Gasteiger partial charge in [-0.15, -0.1) is 0 Å². The van der Waals surface area contributed by atoms with Gasteiger partial charge in [0, 0.05) is 24.1 Å². The summed E-state index contributed by atoms with van der Waals surface area (Å²) < 4.78 is 12.1. The van der Waals surface area contributed by atoms with E-state index in [4.69, 9.17) is 9.47 Å². The van der Waals surface area contributed by atoms with Crippen LogP contribution in [0.2, 0.25) is 0 Å². The van der Waals surface area contributed by atoms with E-state index in [-0.39, 0.29) is 12.5 Å². The van der Waals surface area contributed by atoms with Crippen molar-refractivity contribution in [2.75, 3.05) is 27.3 Å². The molecule has 0 saturated heterocycles. The van der Waals surface area contributed by atoms with Gasteiger partial charge in [-0.25, -0.2) is 4.79 Å². The highest BCUT2D eigenvalue weighted by atomic mass is 16.5. The van der Waals surface area contributed by atoms with Crippen LogP contribution in [-0.4, -0.2) is 49.7 Å². The zero-order chi connectivity index (χ0) is 20.0. The maximum absolute atomic E-state index is 12.3. The van der Waals surface area contributed by atoms with Crippen LogP contribution in [0.5, 0.6) is 5.75 Å². The smallest absolute Gasteiger partial charge is 0.340 e. The van der Waals surface area contributed by atoms with Gasteiger partial charge in [-0.05, 0) is 44.2 Å². The molecule has 1 aromatic heterocycles. The molecule has 8 heteroatoms. The molecule has 0 aliphatic carbocycles. The largest absolute Gasteiger partial charge is 0.497 e. The predicted octanol–water partition coefficient (Wildman–Crippen LogP) is 1.12. The van der Waals surface area contributed by atoms with Crippen LogP contribution in [0.15, 0.2) is 30.3 Å². The summed E-state index contributed by atoms with van der Waals surface area (Å²) in [6.07, 6.45) is 0. The number of benzene rings is 1.